The quantitative estimate of drug-likeness (QED) is 0.834. The number of likely N-dealkylation sites (N-methyl/N-ethyl adjacent to an activating group) is 1. The van der Waals surface area contributed by atoms with Crippen LogP contribution in [0.1, 0.15) is 22.9 Å². The number of hydrogen-bond acceptors (Lipinski definition) is 3. The second-order valence-corrected chi connectivity index (χ2v) is 5.04. The molecule has 19 heavy (non-hydrogen) atoms. The summed E-state index contributed by atoms with van der Waals surface area (Å²) in [5.74, 6) is 0. The molecule has 0 saturated heterocycles. The van der Waals surface area contributed by atoms with Gasteiger partial charge in [0.25, 0.3) is 0 Å². The molecule has 1 heterocycles. The summed E-state index contributed by atoms with van der Waals surface area (Å²) >= 11 is 0. The van der Waals surface area contributed by atoms with Gasteiger partial charge in [-0.3, -0.25) is 5.10 Å². The number of benzene rings is 1. The van der Waals surface area contributed by atoms with Crippen molar-refractivity contribution < 1.29 is 0 Å². The molecule has 0 radical (unpaired) electrons. The van der Waals surface area contributed by atoms with Gasteiger partial charge in [0, 0.05) is 30.4 Å². The minimum atomic E-state index is 0.383. The summed E-state index contributed by atoms with van der Waals surface area (Å²) < 4.78 is 0. The van der Waals surface area contributed by atoms with E-state index in [0.717, 1.165) is 18.8 Å². The first-order chi connectivity index (χ1) is 9.18. The Balaban J connectivity index is 1.93. The highest BCUT2D eigenvalue weighted by Gasteiger charge is 2.13. The van der Waals surface area contributed by atoms with Crippen LogP contribution in [0.2, 0.25) is 0 Å². The average Bonchev–Trinajstić information content (AvgIpc) is 2.81. The lowest BCUT2D eigenvalue weighted by Gasteiger charge is -2.25. The third kappa shape index (κ3) is 3.66. The normalized spacial score (nSPS) is 12.8. The molecule has 0 unspecified atom stereocenters. The van der Waals surface area contributed by atoms with E-state index in [1.54, 1.807) is 0 Å². The summed E-state index contributed by atoms with van der Waals surface area (Å²) in [5.41, 5.74) is 3.70. The SMILES string of the molecule is Cc1[nH]ncc1CNC[C@H](c1ccccc1)N(C)C. The van der Waals surface area contributed by atoms with E-state index in [2.05, 4.69) is 64.8 Å². The molecule has 1 aromatic heterocycles. The highest BCUT2D eigenvalue weighted by atomic mass is 15.1. The molecule has 0 spiro atoms. The Morgan fingerprint density at radius 1 is 1.26 bits per heavy atom. The van der Waals surface area contributed by atoms with Gasteiger partial charge in [-0.1, -0.05) is 30.3 Å². The molecule has 102 valence electrons. The number of aromatic amines is 1. The molecular weight excluding hydrogens is 236 g/mol. The van der Waals surface area contributed by atoms with Crippen LogP contribution in [0, 0.1) is 6.92 Å². The largest absolute Gasteiger partial charge is 0.311 e. The van der Waals surface area contributed by atoms with E-state index < -0.39 is 0 Å². The van der Waals surface area contributed by atoms with Crippen molar-refractivity contribution >= 4 is 0 Å². The zero-order valence-electron chi connectivity index (χ0n) is 11.9. The van der Waals surface area contributed by atoms with Crippen molar-refractivity contribution in [1.82, 2.24) is 20.4 Å². The molecular formula is C15H22N4. The molecule has 0 aliphatic rings. The number of rotatable bonds is 6. The van der Waals surface area contributed by atoms with E-state index in [4.69, 9.17) is 0 Å². The Kier molecular flexibility index (Phi) is 4.71. The molecule has 1 atom stereocenters. The molecule has 2 aromatic rings. The zero-order chi connectivity index (χ0) is 13.7. The van der Waals surface area contributed by atoms with Crippen LogP contribution in [0.3, 0.4) is 0 Å². The van der Waals surface area contributed by atoms with Crippen LogP contribution in [-0.4, -0.2) is 35.7 Å². The van der Waals surface area contributed by atoms with Crippen molar-refractivity contribution in [2.75, 3.05) is 20.6 Å². The summed E-state index contributed by atoms with van der Waals surface area (Å²) in [5, 5.41) is 10.5. The van der Waals surface area contributed by atoms with Crippen LogP contribution < -0.4 is 5.32 Å². The lowest BCUT2D eigenvalue weighted by Crippen LogP contribution is -2.30. The Morgan fingerprint density at radius 3 is 2.58 bits per heavy atom. The second kappa shape index (κ2) is 6.50. The van der Waals surface area contributed by atoms with E-state index in [1.807, 2.05) is 13.1 Å². The molecule has 1 aromatic carbocycles. The molecule has 0 fully saturated rings. The van der Waals surface area contributed by atoms with E-state index in [9.17, 15) is 0 Å². The predicted molar refractivity (Wildman–Crippen MR) is 77.9 cm³/mol. The molecule has 4 nitrogen and oxygen atoms in total. The fraction of sp³-hybridized carbons (Fsp3) is 0.400. The lowest BCUT2D eigenvalue weighted by atomic mass is 10.1. The first kappa shape index (κ1) is 13.8. The summed E-state index contributed by atoms with van der Waals surface area (Å²) in [6.07, 6.45) is 1.88. The molecule has 0 bridgehead atoms. The van der Waals surface area contributed by atoms with Crippen LogP contribution in [-0.2, 0) is 6.54 Å². The van der Waals surface area contributed by atoms with E-state index in [1.165, 1.54) is 11.1 Å². The standard InChI is InChI=1S/C15H22N4/c1-12-14(10-17-18-12)9-16-11-15(19(2)3)13-7-5-4-6-8-13/h4-8,10,15-16H,9,11H2,1-3H3,(H,17,18)/t15-/m1/s1. The molecule has 2 N–H and O–H groups in total. The van der Waals surface area contributed by atoms with Gasteiger partial charge in [0.2, 0.25) is 0 Å². The lowest BCUT2D eigenvalue weighted by molar-refractivity contribution is 0.288. The highest BCUT2D eigenvalue weighted by Crippen LogP contribution is 2.16. The molecule has 2 rings (SSSR count). The minimum absolute atomic E-state index is 0.383. The summed E-state index contributed by atoms with van der Waals surface area (Å²) in [6.45, 7) is 3.81. The van der Waals surface area contributed by atoms with Crippen molar-refractivity contribution in [3.05, 3.63) is 53.3 Å². The Hall–Kier alpha value is -1.65. The Labute approximate surface area is 114 Å². The number of nitrogens with one attached hydrogen (secondary N) is 2. The number of hydrogen-bond donors (Lipinski definition) is 2. The number of aromatic nitrogens is 2. The average molecular weight is 258 g/mol. The molecule has 0 amide bonds. The van der Waals surface area contributed by atoms with Crippen molar-refractivity contribution in [2.24, 2.45) is 0 Å². The molecule has 0 saturated carbocycles. The third-order valence-electron chi connectivity index (χ3n) is 3.40. The molecule has 0 aliphatic heterocycles. The van der Waals surface area contributed by atoms with Crippen molar-refractivity contribution in [3.8, 4) is 0 Å². The van der Waals surface area contributed by atoms with Crippen LogP contribution in [0.4, 0.5) is 0 Å². The number of H-pyrrole nitrogens is 1. The fourth-order valence-electron chi connectivity index (χ4n) is 2.17. The number of aryl methyl sites for hydroxylation is 1. The van der Waals surface area contributed by atoms with E-state index >= 15 is 0 Å². The van der Waals surface area contributed by atoms with E-state index in [0.29, 0.717) is 6.04 Å². The Morgan fingerprint density at radius 2 is 2.00 bits per heavy atom. The van der Waals surface area contributed by atoms with Crippen molar-refractivity contribution in [1.29, 1.82) is 0 Å². The van der Waals surface area contributed by atoms with Crippen LogP contribution in [0.5, 0.6) is 0 Å². The summed E-state index contributed by atoms with van der Waals surface area (Å²) in [6, 6.07) is 11.0. The van der Waals surface area contributed by atoms with Gasteiger partial charge in [0.05, 0.1) is 6.20 Å². The molecule has 4 heteroatoms. The first-order valence-corrected chi connectivity index (χ1v) is 6.59. The molecule has 0 aliphatic carbocycles. The van der Waals surface area contributed by atoms with Gasteiger partial charge < -0.3 is 10.2 Å². The van der Waals surface area contributed by atoms with Crippen LogP contribution in [0.15, 0.2) is 36.5 Å². The van der Waals surface area contributed by atoms with Gasteiger partial charge in [-0.2, -0.15) is 5.10 Å². The topological polar surface area (TPSA) is 44.0 Å². The van der Waals surface area contributed by atoms with Crippen molar-refractivity contribution in [2.45, 2.75) is 19.5 Å². The van der Waals surface area contributed by atoms with Crippen molar-refractivity contribution in [3.63, 3.8) is 0 Å². The predicted octanol–water partition coefficient (Wildman–Crippen LogP) is 2.11. The fourth-order valence-corrected chi connectivity index (χ4v) is 2.17. The van der Waals surface area contributed by atoms with Gasteiger partial charge in [-0.15, -0.1) is 0 Å². The van der Waals surface area contributed by atoms with E-state index in [-0.39, 0.29) is 0 Å². The second-order valence-electron chi connectivity index (χ2n) is 5.04. The monoisotopic (exact) mass is 258 g/mol. The summed E-state index contributed by atoms with van der Waals surface area (Å²) in [4.78, 5) is 2.24. The van der Waals surface area contributed by atoms with Gasteiger partial charge in [0.1, 0.15) is 0 Å². The summed E-state index contributed by atoms with van der Waals surface area (Å²) in [7, 11) is 4.23. The van der Waals surface area contributed by atoms with Gasteiger partial charge >= 0.3 is 0 Å². The van der Waals surface area contributed by atoms with Crippen LogP contribution >= 0.6 is 0 Å². The number of nitrogens with zero attached hydrogens (tertiary/aromatic N) is 2. The maximum atomic E-state index is 4.04. The highest BCUT2D eigenvalue weighted by molar-refractivity contribution is 5.19. The van der Waals surface area contributed by atoms with Gasteiger partial charge in [-0.05, 0) is 26.6 Å². The first-order valence-electron chi connectivity index (χ1n) is 6.59. The minimum Gasteiger partial charge on any atom is -0.311 e. The zero-order valence-corrected chi connectivity index (χ0v) is 11.9. The maximum absolute atomic E-state index is 4.04. The van der Waals surface area contributed by atoms with Gasteiger partial charge in [0.15, 0.2) is 0 Å². The van der Waals surface area contributed by atoms with Crippen LogP contribution in [0.25, 0.3) is 0 Å². The third-order valence-corrected chi connectivity index (χ3v) is 3.40. The Bertz CT molecular complexity index is 490. The maximum Gasteiger partial charge on any atom is 0.0535 e. The smallest absolute Gasteiger partial charge is 0.0535 e. The van der Waals surface area contributed by atoms with Gasteiger partial charge in [-0.25, -0.2) is 0 Å².